The Kier molecular flexibility index (Phi) is 4.48. The molecule has 0 amide bonds. The molecule has 0 unspecified atom stereocenters. The lowest BCUT2D eigenvalue weighted by Crippen LogP contribution is -2.41. The summed E-state index contributed by atoms with van der Waals surface area (Å²) in [7, 11) is -0.387. The molecule has 0 saturated carbocycles. The molecule has 1 aromatic carbocycles. The van der Waals surface area contributed by atoms with Crippen molar-refractivity contribution in [2.75, 3.05) is 5.75 Å². The molecule has 0 aromatic heterocycles. The fraction of sp³-hybridized carbons (Fsp3) is 0.500. The predicted molar refractivity (Wildman–Crippen MR) is 90.8 cm³/mol. The van der Waals surface area contributed by atoms with Crippen molar-refractivity contribution in [2.45, 2.75) is 45.8 Å². The fourth-order valence-corrected chi connectivity index (χ4v) is 2.41. The van der Waals surface area contributed by atoms with Gasteiger partial charge >= 0.3 is 7.12 Å². The Morgan fingerprint density at radius 2 is 1.81 bits per heavy atom. The van der Waals surface area contributed by atoms with Crippen molar-refractivity contribution in [3.63, 3.8) is 0 Å². The van der Waals surface area contributed by atoms with Crippen LogP contribution in [0, 0.1) is 6.92 Å². The van der Waals surface area contributed by atoms with Crippen molar-refractivity contribution < 1.29 is 14.4 Å². The third-order valence-electron chi connectivity index (χ3n) is 4.31. The number of thiol groups is 1. The van der Waals surface area contributed by atoms with Gasteiger partial charge in [-0.15, -0.1) is 0 Å². The molecule has 1 aliphatic rings. The summed E-state index contributed by atoms with van der Waals surface area (Å²) in [4.78, 5) is 0. The van der Waals surface area contributed by atoms with Gasteiger partial charge in [0, 0.05) is 5.75 Å². The van der Waals surface area contributed by atoms with Gasteiger partial charge in [0.1, 0.15) is 5.75 Å². The van der Waals surface area contributed by atoms with E-state index in [4.69, 9.17) is 9.31 Å². The molecule has 0 aliphatic carbocycles. The first-order chi connectivity index (χ1) is 9.66. The third-order valence-corrected chi connectivity index (χ3v) is 4.68. The molecule has 0 spiro atoms. The normalized spacial score (nSPS) is 20.9. The number of aromatic hydroxyl groups is 1. The van der Waals surface area contributed by atoms with Crippen LogP contribution in [0.3, 0.4) is 0 Å². The fourth-order valence-electron chi connectivity index (χ4n) is 2.17. The zero-order valence-corrected chi connectivity index (χ0v) is 14.2. The average molecular weight is 306 g/mol. The highest BCUT2D eigenvalue weighted by atomic mass is 32.1. The van der Waals surface area contributed by atoms with Gasteiger partial charge in [-0.2, -0.15) is 12.6 Å². The second-order valence-corrected chi connectivity index (χ2v) is 6.83. The van der Waals surface area contributed by atoms with Crippen molar-refractivity contribution in [3.05, 3.63) is 34.8 Å². The van der Waals surface area contributed by atoms with Crippen LogP contribution in [0.25, 0.3) is 6.08 Å². The van der Waals surface area contributed by atoms with E-state index in [9.17, 15) is 5.11 Å². The number of rotatable bonds is 3. The standard InChI is InChI=1S/C16H23BO3S/c1-11-8-12(6-7-14(11)18)9-13(10-21)17-19-15(2,3)16(4,5)20-17/h6-9,18,21H,10H2,1-5H3. The summed E-state index contributed by atoms with van der Waals surface area (Å²) in [6.07, 6.45) is 2.02. The van der Waals surface area contributed by atoms with Gasteiger partial charge in [0.2, 0.25) is 0 Å². The van der Waals surface area contributed by atoms with Gasteiger partial charge in [-0.25, -0.2) is 0 Å². The largest absolute Gasteiger partial charge is 0.508 e. The second kappa shape index (κ2) is 5.71. The Bertz CT molecular complexity index is 551. The number of benzene rings is 1. The Balaban J connectivity index is 2.28. The van der Waals surface area contributed by atoms with E-state index in [1.807, 2.05) is 52.8 Å². The van der Waals surface area contributed by atoms with Gasteiger partial charge in [-0.1, -0.05) is 12.1 Å². The molecule has 21 heavy (non-hydrogen) atoms. The van der Waals surface area contributed by atoms with Crippen LogP contribution in [-0.4, -0.2) is 29.2 Å². The maximum absolute atomic E-state index is 9.60. The van der Waals surface area contributed by atoms with Gasteiger partial charge in [-0.05, 0) is 63.4 Å². The van der Waals surface area contributed by atoms with E-state index in [2.05, 4.69) is 12.6 Å². The summed E-state index contributed by atoms with van der Waals surface area (Å²) in [6, 6.07) is 5.50. The van der Waals surface area contributed by atoms with Gasteiger partial charge in [0.15, 0.2) is 0 Å². The summed E-state index contributed by atoms with van der Waals surface area (Å²) in [5.41, 5.74) is 2.11. The molecule has 1 aliphatic heterocycles. The van der Waals surface area contributed by atoms with E-state index in [1.54, 1.807) is 6.07 Å². The summed E-state index contributed by atoms with van der Waals surface area (Å²) >= 11 is 4.40. The quantitative estimate of drug-likeness (QED) is 0.661. The van der Waals surface area contributed by atoms with E-state index >= 15 is 0 Å². The zero-order valence-electron chi connectivity index (χ0n) is 13.3. The SMILES string of the molecule is Cc1cc(C=C(CS)B2OC(C)(C)C(C)(C)O2)ccc1O. The van der Waals surface area contributed by atoms with E-state index in [0.29, 0.717) is 11.5 Å². The molecule has 1 saturated heterocycles. The Labute approximate surface area is 132 Å². The number of phenols is 1. The molecule has 1 N–H and O–H groups in total. The van der Waals surface area contributed by atoms with Gasteiger partial charge < -0.3 is 14.4 Å². The highest BCUT2D eigenvalue weighted by Crippen LogP contribution is 2.39. The van der Waals surface area contributed by atoms with E-state index < -0.39 is 0 Å². The van der Waals surface area contributed by atoms with Gasteiger partial charge in [0.25, 0.3) is 0 Å². The lowest BCUT2D eigenvalue weighted by molar-refractivity contribution is 0.00578. The molecule has 114 valence electrons. The first-order valence-electron chi connectivity index (χ1n) is 7.13. The predicted octanol–water partition coefficient (Wildman–Crippen LogP) is 3.65. The highest BCUT2D eigenvalue weighted by molar-refractivity contribution is 7.80. The van der Waals surface area contributed by atoms with Crippen LogP contribution in [0.5, 0.6) is 5.75 Å². The molecule has 3 nitrogen and oxygen atoms in total. The van der Waals surface area contributed by atoms with Crippen molar-refractivity contribution in [2.24, 2.45) is 0 Å². The Morgan fingerprint density at radius 3 is 2.29 bits per heavy atom. The molecule has 0 bridgehead atoms. The molecule has 5 heteroatoms. The molecule has 0 atom stereocenters. The lowest BCUT2D eigenvalue weighted by Gasteiger charge is -2.32. The smallest absolute Gasteiger partial charge is 0.491 e. The maximum atomic E-state index is 9.60. The van der Waals surface area contributed by atoms with Gasteiger partial charge in [0.05, 0.1) is 11.2 Å². The van der Waals surface area contributed by atoms with Crippen LogP contribution in [0.4, 0.5) is 0 Å². The summed E-state index contributed by atoms with van der Waals surface area (Å²) in [5, 5.41) is 9.60. The summed E-state index contributed by atoms with van der Waals surface area (Å²) < 4.78 is 12.1. The summed E-state index contributed by atoms with van der Waals surface area (Å²) in [5.74, 6) is 0.853. The Hall–Kier alpha value is -0.905. The lowest BCUT2D eigenvalue weighted by atomic mass is 9.78. The molecule has 0 radical (unpaired) electrons. The van der Waals surface area contributed by atoms with Gasteiger partial charge in [-0.3, -0.25) is 0 Å². The second-order valence-electron chi connectivity index (χ2n) is 6.51. The number of hydrogen-bond acceptors (Lipinski definition) is 4. The van der Waals surface area contributed by atoms with Crippen molar-refractivity contribution in [1.82, 2.24) is 0 Å². The molecule has 1 fully saturated rings. The molecular weight excluding hydrogens is 283 g/mol. The van der Waals surface area contributed by atoms with Crippen molar-refractivity contribution in [1.29, 1.82) is 0 Å². The van der Waals surface area contributed by atoms with Crippen LogP contribution >= 0.6 is 12.6 Å². The highest BCUT2D eigenvalue weighted by Gasteiger charge is 2.52. The van der Waals surface area contributed by atoms with Crippen molar-refractivity contribution in [3.8, 4) is 5.75 Å². The van der Waals surface area contributed by atoms with Crippen LogP contribution in [0.2, 0.25) is 0 Å². The Morgan fingerprint density at radius 1 is 1.24 bits per heavy atom. The zero-order chi connectivity index (χ0) is 15.8. The summed E-state index contributed by atoms with van der Waals surface area (Å²) in [6.45, 7) is 10.0. The monoisotopic (exact) mass is 306 g/mol. The van der Waals surface area contributed by atoms with E-state index in [0.717, 1.165) is 16.6 Å². The number of phenolic OH excluding ortho intramolecular Hbond substituents is 1. The first-order valence-corrected chi connectivity index (χ1v) is 7.76. The minimum Gasteiger partial charge on any atom is -0.508 e. The number of aryl methyl sites for hydroxylation is 1. The molecular formula is C16H23BO3S. The molecule has 1 heterocycles. The minimum absolute atomic E-state index is 0.301. The third kappa shape index (κ3) is 3.30. The van der Waals surface area contributed by atoms with E-state index in [1.165, 1.54) is 0 Å². The van der Waals surface area contributed by atoms with Crippen LogP contribution < -0.4 is 0 Å². The van der Waals surface area contributed by atoms with Crippen LogP contribution in [0.1, 0.15) is 38.8 Å². The number of hydrogen-bond donors (Lipinski definition) is 2. The van der Waals surface area contributed by atoms with Crippen LogP contribution in [-0.2, 0) is 9.31 Å². The minimum atomic E-state index is -0.387. The average Bonchev–Trinajstić information content (AvgIpc) is 2.59. The van der Waals surface area contributed by atoms with Crippen molar-refractivity contribution >= 4 is 25.8 Å². The molecule has 2 rings (SSSR count). The van der Waals surface area contributed by atoms with Crippen LogP contribution in [0.15, 0.2) is 23.7 Å². The molecule has 1 aromatic rings. The maximum Gasteiger partial charge on any atom is 0.491 e. The first kappa shape index (κ1) is 16.5. The topological polar surface area (TPSA) is 38.7 Å². The van der Waals surface area contributed by atoms with E-state index in [-0.39, 0.29) is 18.3 Å².